The normalized spacial score (nSPS) is 19.2. The summed E-state index contributed by atoms with van der Waals surface area (Å²) in [6, 6.07) is 9.20. The van der Waals surface area contributed by atoms with Crippen molar-refractivity contribution in [2.75, 3.05) is 6.54 Å². The monoisotopic (exact) mass is 284 g/mol. The molecule has 1 aliphatic rings. The molecule has 2 aromatic rings. The number of rotatable bonds is 5. The molecule has 1 aromatic carbocycles. The van der Waals surface area contributed by atoms with Crippen LogP contribution in [0.15, 0.2) is 30.5 Å². The predicted molar refractivity (Wildman–Crippen MR) is 84.0 cm³/mol. The highest BCUT2D eigenvalue weighted by molar-refractivity contribution is 5.30. The van der Waals surface area contributed by atoms with Crippen LogP contribution in [-0.2, 0) is 19.9 Å². The van der Waals surface area contributed by atoms with Gasteiger partial charge >= 0.3 is 0 Å². The van der Waals surface area contributed by atoms with Gasteiger partial charge in [-0.05, 0) is 49.3 Å². The molecule has 21 heavy (non-hydrogen) atoms. The number of nitrogens with zero attached hydrogens (tertiary/aromatic N) is 3. The number of aromatic nitrogens is 3. The van der Waals surface area contributed by atoms with Gasteiger partial charge in [0.1, 0.15) is 0 Å². The lowest BCUT2D eigenvalue weighted by atomic mass is 9.79. The molecule has 0 aliphatic heterocycles. The maximum Gasteiger partial charge on any atom is 0.0756 e. The van der Waals surface area contributed by atoms with E-state index in [0.717, 1.165) is 19.4 Å². The Bertz CT molecular complexity index is 590. The second kappa shape index (κ2) is 6.39. The van der Waals surface area contributed by atoms with Crippen molar-refractivity contribution >= 4 is 0 Å². The molecule has 2 atom stereocenters. The lowest BCUT2D eigenvalue weighted by molar-refractivity contribution is 0.313. The zero-order chi connectivity index (χ0) is 14.7. The molecule has 0 fully saturated rings. The molecule has 3 rings (SSSR count). The fourth-order valence-corrected chi connectivity index (χ4v) is 3.40. The summed E-state index contributed by atoms with van der Waals surface area (Å²) in [5.74, 6) is 0.614. The van der Waals surface area contributed by atoms with Gasteiger partial charge in [-0.3, -0.25) is 4.68 Å². The van der Waals surface area contributed by atoms with E-state index in [0.29, 0.717) is 12.0 Å². The fraction of sp³-hybridized carbons (Fsp3) is 0.529. The minimum absolute atomic E-state index is 0.346. The Morgan fingerprint density at radius 3 is 2.86 bits per heavy atom. The van der Waals surface area contributed by atoms with Crippen molar-refractivity contribution in [3.63, 3.8) is 0 Å². The van der Waals surface area contributed by atoms with Crippen LogP contribution < -0.4 is 5.32 Å². The van der Waals surface area contributed by atoms with Gasteiger partial charge in [0.05, 0.1) is 17.9 Å². The highest BCUT2D eigenvalue weighted by Crippen LogP contribution is 2.33. The van der Waals surface area contributed by atoms with Gasteiger partial charge in [-0.15, -0.1) is 5.10 Å². The van der Waals surface area contributed by atoms with E-state index < -0.39 is 0 Å². The topological polar surface area (TPSA) is 42.7 Å². The second-order valence-corrected chi connectivity index (χ2v) is 5.99. The lowest BCUT2D eigenvalue weighted by Gasteiger charge is -2.32. The van der Waals surface area contributed by atoms with Crippen molar-refractivity contribution in [2.24, 2.45) is 13.0 Å². The lowest BCUT2D eigenvalue weighted by Crippen LogP contribution is -2.33. The summed E-state index contributed by atoms with van der Waals surface area (Å²) in [4.78, 5) is 0. The van der Waals surface area contributed by atoms with E-state index in [2.05, 4.69) is 46.8 Å². The third-order valence-corrected chi connectivity index (χ3v) is 4.54. The first-order chi connectivity index (χ1) is 10.3. The van der Waals surface area contributed by atoms with Gasteiger partial charge in [-0.25, -0.2) is 0 Å². The molecule has 1 aliphatic carbocycles. The van der Waals surface area contributed by atoms with E-state index in [1.165, 1.54) is 29.7 Å². The molecule has 0 radical (unpaired) electrons. The van der Waals surface area contributed by atoms with Crippen molar-refractivity contribution in [1.29, 1.82) is 0 Å². The summed E-state index contributed by atoms with van der Waals surface area (Å²) < 4.78 is 1.91. The first-order valence-corrected chi connectivity index (χ1v) is 7.94. The van der Waals surface area contributed by atoms with Gasteiger partial charge in [0.15, 0.2) is 0 Å². The zero-order valence-electron chi connectivity index (χ0n) is 12.9. The molecule has 4 nitrogen and oxygen atoms in total. The summed E-state index contributed by atoms with van der Waals surface area (Å²) in [5.41, 5.74) is 4.23. The Morgan fingerprint density at radius 2 is 2.14 bits per heavy atom. The van der Waals surface area contributed by atoms with Crippen LogP contribution in [0.1, 0.15) is 42.6 Å². The van der Waals surface area contributed by atoms with Crippen LogP contribution >= 0.6 is 0 Å². The van der Waals surface area contributed by atoms with Crippen molar-refractivity contribution in [1.82, 2.24) is 20.3 Å². The molecule has 0 bridgehead atoms. The predicted octanol–water partition coefficient (Wildman–Crippen LogP) is 2.66. The van der Waals surface area contributed by atoms with E-state index in [1.807, 2.05) is 17.9 Å². The van der Waals surface area contributed by atoms with Crippen molar-refractivity contribution in [3.8, 4) is 0 Å². The maximum absolute atomic E-state index is 4.11. The molecular formula is C17H24N4. The van der Waals surface area contributed by atoms with Crippen LogP contribution in [-0.4, -0.2) is 21.5 Å². The van der Waals surface area contributed by atoms with E-state index >= 15 is 0 Å². The Kier molecular flexibility index (Phi) is 4.34. The molecule has 2 unspecified atom stereocenters. The molecule has 0 saturated carbocycles. The molecule has 1 aromatic heterocycles. The maximum atomic E-state index is 4.11. The summed E-state index contributed by atoms with van der Waals surface area (Å²) in [6.45, 7) is 3.25. The molecular weight excluding hydrogens is 260 g/mol. The van der Waals surface area contributed by atoms with Crippen LogP contribution in [0.4, 0.5) is 0 Å². The van der Waals surface area contributed by atoms with E-state index in [-0.39, 0.29) is 0 Å². The molecule has 4 heteroatoms. The van der Waals surface area contributed by atoms with Crippen LogP contribution in [0.3, 0.4) is 0 Å². The van der Waals surface area contributed by atoms with Gasteiger partial charge in [-0.2, -0.15) is 0 Å². The van der Waals surface area contributed by atoms with Crippen LogP contribution in [0.25, 0.3) is 0 Å². The summed E-state index contributed by atoms with van der Waals surface area (Å²) in [7, 11) is 1.99. The number of nitrogens with one attached hydrogen (secondary N) is 1. The number of hydrogen-bond donors (Lipinski definition) is 1. The average Bonchev–Trinajstić information content (AvgIpc) is 2.94. The highest BCUT2D eigenvalue weighted by atomic mass is 15.4. The minimum Gasteiger partial charge on any atom is -0.308 e. The number of fused-ring (bicyclic) bond motifs is 1. The standard InChI is InChI=1S/C17H24N4/c1-3-10-18-17(16-12-19-20-21(16)2)15-9-8-13-6-4-5-7-14(13)11-15/h4-7,12,15,17-18H,3,8-11H2,1-2H3. The Morgan fingerprint density at radius 1 is 1.33 bits per heavy atom. The van der Waals surface area contributed by atoms with Crippen molar-refractivity contribution in [3.05, 3.63) is 47.3 Å². The smallest absolute Gasteiger partial charge is 0.0756 e. The van der Waals surface area contributed by atoms with Gasteiger partial charge in [0.25, 0.3) is 0 Å². The Labute approximate surface area is 126 Å². The molecule has 112 valence electrons. The molecule has 1 N–H and O–H groups in total. The van der Waals surface area contributed by atoms with Gasteiger partial charge in [-0.1, -0.05) is 36.4 Å². The molecule has 1 heterocycles. The Balaban J connectivity index is 1.83. The summed E-state index contributed by atoms with van der Waals surface area (Å²) in [6.07, 6.45) is 6.60. The first-order valence-electron chi connectivity index (χ1n) is 7.94. The first kappa shape index (κ1) is 14.3. The minimum atomic E-state index is 0.346. The van der Waals surface area contributed by atoms with E-state index in [1.54, 1.807) is 0 Å². The second-order valence-electron chi connectivity index (χ2n) is 5.99. The molecule has 0 amide bonds. The molecule has 0 spiro atoms. The third kappa shape index (κ3) is 3.00. The SMILES string of the molecule is CCCNC(c1cnnn1C)C1CCc2ccccc2C1. The van der Waals surface area contributed by atoms with E-state index in [9.17, 15) is 0 Å². The van der Waals surface area contributed by atoms with Crippen molar-refractivity contribution in [2.45, 2.75) is 38.6 Å². The zero-order valence-corrected chi connectivity index (χ0v) is 12.9. The van der Waals surface area contributed by atoms with Gasteiger partial charge in [0, 0.05) is 7.05 Å². The average molecular weight is 284 g/mol. The van der Waals surface area contributed by atoms with Gasteiger partial charge in [0.2, 0.25) is 0 Å². The Hall–Kier alpha value is -1.68. The number of hydrogen-bond acceptors (Lipinski definition) is 3. The quantitative estimate of drug-likeness (QED) is 0.918. The number of aryl methyl sites for hydroxylation is 2. The van der Waals surface area contributed by atoms with Crippen LogP contribution in [0.5, 0.6) is 0 Å². The molecule has 0 saturated heterocycles. The van der Waals surface area contributed by atoms with Gasteiger partial charge < -0.3 is 5.32 Å². The third-order valence-electron chi connectivity index (χ3n) is 4.54. The van der Waals surface area contributed by atoms with Crippen LogP contribution in [0.2, 0.25) is 0 Å². The summed E-state index contributed by atoms with van der Waals surface area (Å²) >= 11 is 0. The van der Waals surface area contributed by atoms with Crippen LogP contribution in [0, 0.1) is 5.92 Å². The fourth-order valence-electron chi connectivity index (χ4n) is 3.40. The summed E-state index contributed by atoms with van der Waals surface area (Å²) in [5, 5.41) is 11.9. The highest BCUT2D eigenvalue weighted by Gasteiger charge is 2.28. The van der Waals surface area contributed by atoms with E-state index in [4.69, 9.17) is 0 Å². The largest absolute Gasteiger partial charge is 0.308 e. The van der Waals surface area contributed by atoms with Crippen molar-refractivity contribution < 1.29 is 0 Å². The number of benzene rings is 1.